The van der Waals surface area contributed by atoms with Crippen LogP contribution in [-0.4, -0.2) is 0 Å². The number of nitrogen functional groups attached to an aromatic ring is 1. The molecule has 0 spiro atoms. The lowest BCUT2D eigenvalue weighted by atomic mass is 10.1. The number of nitrogens with two attached hydrogens (primary N) is 1. The molecule has 0 heterocycles. The van der Waals surface area contributed by atoms with E-state index in [1.165, 1.54) is 6.07 Å². The van der Waals surface area contributed by atoms with Gasteiger partial charge in [-0.2, -0.15) is 0 Å². The molecule has 7 heteroatoms. The van der Waals surface area contributed by atoms with Gasteiger partial charge in [0.1, 0.15) is 5.69 Å². The molecule has 2 nitrogen and oxygen atoms in total. The highest BCUT2D eigenvalue weighted by molar-refractivity contribution is 5.68. The van der Waals surface area contributed by atoms with Crippen molar-refractivity contribution >= 4 is 17.1 Å². The smallest absolute Gasteiger partial charge is 0.200 e. The van der Waals surface area contributed by atoms with Crippen LogP contribution >= 0.6 is 0 Å². The van der Waals surface area contributed by atoms with E-state index in [1.807, 2.05) is 0 Å². The quantitative estimate of drug-likeness (QED) is 0.379. The molecule has 0 atom stereocenters. The second-order valence-corrected chi connectivity index (χ2v) is 4.14. The van der Waals surface area contributed by atoms with Crippen LogP contribution in [0.5, 0.6) is 0 Å². The van der Waals surface area contributed by atoms with Gasteiger partial charge in [-0.25, -0.2) is 22.0 Å². The molecule has 0 radical (unpaired) electrons. The molecule has 0 aliphatic heterocycles. The van der Waals surface area contributed by atoms with Crippen LogP contribution < -0.4 is 11.1 Å². The summed E-state index contributed by atoms with van der Waals surface area (Å²) in [5.74, 6) is -10.1. The van der Waals surface area contributed by atoms with Gasteiger partial charge in [0, 0.05) is 11.4 Å². The van der Waals surface area contributed by atoms with Gasteiger partial charge in [-0.3, -0.25) is 0 Å². The number of nitrogens with one attached hydrogen (secondary N) is 1. The van der Waals surface area contributed by atoms with Gasteiger partial charge >= 0.3 is 0 Å². The van der Waals surface area contributed by atoms with Crippen molar-refractivity contribution in [1.29, 1.82) is 0 Å². The van der Waals surface area contributed by atoms with Crippen LogP contribution in [0.15, 0.2) is 18.2 Å². The van der Waals surface area contributed by atoms with Crippen LogP contribution in [0.1, 0.15) is 5.56 Å². The fourth-order valence-corrected chi connectivity index (χ4v) is 1.62. The van der Waals surface area contributed by atoms with Gasteiger partial charge < -0.3 is 11.1 Å². The van der Waals surface area contributed by atoms with E-state index in [0.29, 0.717) is 5.56 Å². The molecule has 0 saturated carbocycles. The number of rotatable bonds is 2. The maximum absolute atomic E-state index is 13.5. The van der Waals surface area contributed by atoms with Gasteiger partial charge in [0.15, 0.2) is 23.3 Å². The zero-order valence-corrected chi connectivity index (χ0v) is 10.2. The summed E-state index contributed by atoms with van der Waals surface area (Å²) in [7, 11) is 0. The van der Waals surface area contributed by atoms with E-state index in [2.05, 4.69) is 5.32 Å². The molecule has 2 aromatic rings. The van der Waals surface area contributed by atoms with E-state index in [9.17, 15) is 22.0 Å². The number of aryl methyl sites for hydroxylation is 1. The Balaban J connectivity index is 2.57. The van der Waals surface area contributed by atoms with Crippen molar-refractivity contribution in [2.45, 2.75) is 6.92 Å². The molecule has 2 aromatic carbocycles. The molecular formula is C13H9F5N2. The van der Waals surface area contributed by atoms with Crippen LogP contribution in [0.2, 0.25) is 0 Å². The Morgan fingerprint density at radius 1 is 0.850 bits per heavy atom. The standard InChI is InChI=1S/C13H9F5N2/c1-5-2-3-6(19)4-7(5)20-13-11(17)9(15)8(14)10(16)12(13)18/h2-4,20H,19H2,1H3. The van der Waals surface area contributed by atoms with E-state index in [0.717, 1.165) is 0 Å². The monoisotopic (exact) mass is 288 g/mol. The molecular weight excluding hydrogens is 279 g/mol. The largest absolute Gasteiger partial charge is 0.399 e. The zero-order valence-electron chi connectivity index (χ0n) is 10.2. The van der Waals surface area contributed by atoms with Crippen molar-refractivity contribution in [1.82, 2.24) is 0 Å². The van der Waals surface area contributed by atoms with Crippen molar-refractivity contribution in [3.05, 3.63) is 52.8 Å². The first kappa shape index (κ1) is 14.1. The lowest BCUT2D eigenvalue weighted by molar-refractivity contribution is 0.382. The molecule has 0 fully saturated rings. The fraction of sp³-hybridized carbons (Fsp3) is 0.0769. The lowest BCUT2D eigenvalue weighted by Gasteiger charge is -2.13. The van der Waals surface area contributed by atoms with Gasteiger partial charge in [-0.05, 0) is 24.6 Å². The number of hydrogen-bond donors (Lipinski definition) is 2. The van der Waals surface area contributed by atoms with Crippen LogP contribution in [0.4, 0.5) is 39.0 Å². The fourth-order valence-electron chi connectivity index (χ4n) is 1.62. The minimum Gasteiger partial charge on any atom is -0.399 e. The maximum atomic E-state index is 13.5. The second-order valence-electron chi connectivity index (χ2n) is 4.14. The molecule has 0 amide bonds. The number of benzene rings is 2. The summed E-state index contributed by atoms with van der Waals surface area (Å²) in [6, 6.07) is 4.41. The molecule has 0 unspecified atom stereocenters. The Hall–Kier alpha value is -2.31. The predicted octanol–water partition coefficient (Wildman–Crippen LogP) is 4.02. The molecule has 106 valence electrons. The van der Waals surface area contributed by atoms with Crippen LogP contribution in [-0.2, 0) is 0 Å². The van der Waals surface area contributed by atoms with Gasteiger partial charge in [0.2, 0.25) is 5.82 Å². The Kier molecular flexibility index (Phi) is 3.52. The van der Waals surface area contributed by atoms with Crippen LogP contribution in [0.3, 0.4) is 0 Å². The van der Waals surface area contributed by atoms with Crippen molar-refractivity contribution in [3.63, 3.8) is 0 Å². The molecule has 20 heavy (non-hydrogen) atoms. The predicted molar refractivity (Wildman–Crippen MR) is 65.1 cm³/mol. The van der Waals surface area contributed by atoms with Crippen molar-refractivity contribution in [2.24, 2.45) is 0 Å². The van der Waals surface area contributed by atoms with Crippen molar-refractivity contribution in [3.8, 4) is 0 Å². The third kappa shape index (κ3) is 2.26. The van der Waals surface area contributed by atoms with Crippen LogP contribution in [0, 0.1) is 36.0 Å². The molecule has 3 N–H and O–H groups in total. The van der Waals surface area contributed by atoms with E-state index < -0.39 is 34.8 Å². The summed E-state index contributed by atoms with van der Waals surface area (Å²) in [4.78, 5) is 0. The normalized spacial score (nSPS) is 10.7. The third-order valence-electron chi connectivity index (χ3n) is 2.73. The van der Waals surface area contributed by atoms with Crippen LogP contribution in [0.25, 0.3) is 0 Å². The summed E-state index contributed by atoms with van der Waals surface area (Å²) in [6.07, 6.45) is 0. The minimum absolute atomic E-state index is 0.146. The van der Waals surface area contributed by atoms with E-state index >= 15 is 0 Å². The SMILES string of the molecule is Cc1ccc(N)cc1Nc1c(F)c(F)c(F)c(F)c1F. The molecule has 2 rings (SSSR count). The lowest BCUT2D eigenvalue weighted by Crippen LogP contribution is -2.07. The van der Waals surface area contributed by atoms with Gasteiger partial charge in [-0.15, -0.1) is 0 Å². The zero-order chi connectivity index (χ0) is 15.0. The number of hydrogen-bond acceptors (Lipinski definition) is 2. The maximum Gasteiger partial charge on any atom is 0.200 e. The van der Waals surface area contributed by atoms with Gasteiger partial charge in [0.05, 0.1) is 0 Å². The molecule has 0 aromatic heterocycles. The third-order valence-corrected chi connectivity index (χ3v) is 2.73. The average molecular weight is 288 g/mol. The summed E-state index contributed by atoms with van der Waals surface area (Å²) in [5.41, 5.74) is 5.35. The van der Waals surface area contributed by atoms with Crippen molar-refractivity contribution < 1.29 is 22.0 Å². The molecule has 0 bridgehead atoms. The van der Waals surface area contributed by atoms with E-state index in [4.69, 9.17) is 5.73 Å². The summed E-state index contributed by atoms with van der Waals surface area (Å²) < 4.78 is 66.0. The first-order chi connectivity index (χ1) is 9.32. The van der Waals surface area contributed by atoms with Gasteiger partial charge in [-0.1, -0.05) is 6.07 Å². The Bertz CT molecular complexity index is 656. The highest BCUT2D eigenvalue weighted by Gasteiger charge is 2.26. The first-order valence-corrected chi connectivity index (χ1v) is 5.47. The first-order valence-electron chi connectivity index (χ1n) is 5.47. The number of halogens is 5. The number of anilines is 3. The summed E-state index contributed by atoms with van der Waals surface area (Å²) >= 11 is 0. The highest BCUT2D eigenvalue weighted by Crippen LogP contribution is 2.31. The molecule has 0 aliphatic rings. The van der Waals surface area contributed by atoms with Gasteiger partial charge in [0.25, 0.3) is 0 Å². The topological polar surface area (TPSA) is 38.0 Å². The van der Waals surface area contributed by atoms with E-state index in [1.54, 1.807) is 19.1 Å². The summed E-state index contributed by atoms with van der Waals surface area (Å²) in [6.45, 7) is 1.59. The van der Waals surface area contributed by atoms with Crippen molar-refractivity contribution in [2.75, 3.05) is 11.1 Å². The highest BCUT2D eigenvalue weighted by atomic mass is 19.2. The Morgan fingerprint density at radius 3 is 1.90 bits per heavy atom. The molecule has 0 aliphatic carbocycles. The Morgan fingerprint density at radius 2 is 1.35 bits per heavy atom. The average Bonchev–Trinajstić information content (AvgIpc) is 2.43. The Labute approximate surface area is 111 Å². The molecule has 0 saturated heterocycles. The summed E-state index contributed by atoms with van der Waals surface area (Å²) in [5, 5.41) is 2.18. The second kappa shape index (κ2) is 4.99. The minimum atomic E-state index is -2.20. The van der Waals surface area contributed by atoms with E-state index in [-0.39, 0.29) is 11.4 Å².